The molecule has 5 nitrogen and oxygen atoms in total. The predicted molar refractivity (Wildman–Crippen MR) is 88.6 cm³/mol. The SMILES string of the molecule is CN(CC(=O)N1CCCC(C(N)=O)C1)C1CCc2ccccc21. The highest BCUT2D eigenvalue weighted by Crippen LogP contribution is 2.34. The maximum absolute atomic E-state index is 12.6. The Morgan fingerprint density at radius 2 is 2.09 bits per heavy atom. The van der Waals surface area contributed by atoms with Gasteiger partial charge in [-0.3, -0.25) is 14.5 Å². The molecule has 124 valence electrons. The average molecular weight is 315 g/mol. The molecule has 2 aliphatic rings. The van der Waals surface area contributed by atoms with Crippen molar-refractivity contribution in [3.05, 3.63) is 35.4 Å². The summed E-state index contributed by atoms with van der Waals surface area (Å²) in [7, 11) is 2.01. The highest BCUT2D eigenvalue weighted by atomic mass is 16.2. The topological polar surface area (TPSA) is 66.6 Å². The van der Waals surface area contributed by atoms with Crippen molar-refractivity contribution in [3.8, 4) is 0 Å². The molecule has 1 saturated heterocycles. The van der Waals surface area contributed by atoms with Crippen molar-refractivity contribution in [2.75, 3.05) is 26.7 Å². The van der Waals surface area contributed by atoms with Gasteiger partial charge in [0.2, 0.25) is 11.8 Å². The first-order valence-corrected chi connectivity index (χ1v) is 8.41. The van der Waals surface area contributed by atoms with Crippen molar-refractivity contribution in [3.63, 3.8) is 0 Å². The zero-order chi connectivity index (χ0) is 16.4. The minimum absolute atomic E-state index is 0.0998. The molecule has 2 atom stereocenters. The van der Waals surface area contributed by atoms with Gasteiger partial charge in [0, 0.05) is 19.1 Å². The van der Waals surface area contributed by atoms with Crippen LogP contribution in [0.15, 0.2) is 24.3 Å². The van der Waals surface area contributed by atoms with E-state index in [1.165, 1.54) is 11.1 Å². The van der Waals surface area contributed by atoms with Gasteiger partial charge >= 0.3 is 0 Å². The standard InChI is InChI=1S/C18H25N3O2/c1-20(16-9-8-13-5-2-3-7-15(13)16)12-17(22)21-10-4-6-14(11-21)18(19)23/h2-3,5,7,14,16H,4,6,8-12H2,1H3,(H2,19,23). The molecule has 23 heavy (non-hydrogen) atoms. The first-order chi connectivity index (χ1) is 11.1. The van der Waals surface area contributed by atoms with Crippen LogP contribution in [-0.2, 0) is 16.0 Å². The van der Waals surface area contributed by atoms with Crippen LogP contribution in [0.2, 0.25) is 0 Å². The zero-order valence-electron chi connectivity index (χ0n) is 13.7. The largest absolute Gasteiger partial charge is 0.369 e. The Bertz CT molecular complexity index is 602. The van der Waals surface area contributed by atoms with Crippen molar-refractivity contribution in [2.24, 2.45) is 11.7 Å². The number of likely N-dealkylation sites (N-methyl/N-ethyl adjacent to an activating group) is 1. The number of carbonyl (C=O) groups excluding carboxylic acids is 2. The molecule has 0 bridgehead atoms. The number of hydrogen-bond donors (Lipinski definition) is 1. The third kappa shape index (κ3) is 3.39. The predicted octanol–water partition coefficient (Wildman–Crippen LogP) is 1.33. The number of amides is 2. The van der Waals surface area contributed by atoms with Crippen molar-refractivity contribution < 1.29 is 9.59 Å². The maximum Gasteiger partial charge on any atom is 0.236 e. The van der Waals surface area contributed by atoms with Gasteiger partial charge in [-0.2, -0.15) is 0 Å². The third-order valence-corrected chi connectivity index (χ3v) is 5.19. The summed E-state index contributed by atoms with van der Waals surface area (Å²) in [6.45, 7) is 1.60. The number of fused-ring (bicyclic) bond motifs is 1. The van der Waals surface area contributed by atoms with E-state index in [4.69, 9.17) is 5.73 Å². The fraction of sp³-hybridized carbons (Fsp3) is 0.556. The lowest BCUT2D eigenvalue weighted by molar-refractivity contribution is -0.136. The van der Waals surface area contributed by atoms with Crippen molar-refractivity contribution >= 4 is 11.8 Å². The van der Waals surface area contributed by atoms with Gasteiger partial charge in [0.15, 0.2) is 0 Å². The Labute approximate surface area is 137 Å². The van der Waals surface area contributed by atoms with Crippen LogP contribution in [0.1, 0.15) is 36.4 Å². The number of piperidine rings is 1. The molecule has 0 aromatic heterocycles. The number of nitrogens with two attached hydrogens (primary N) is 1. The molecule has 1 aromatic carbocycles. The van der Waals surface area contributed by atoms with E-state index in [9.17, 15) is 9.59 Å². The van der Waals surface area contributed by atoms with Crippen LogP contribution in [0.25, 0.3) is 0 Å². The molecule has 2 N–H and O–H groups in total. The summed E-state index contributed by atoms with van der Waals surface area (Å²) >= 11 is 0. The normalized spacial score (nSPS) is 23.8. The Morgan fingerprint density at radius 1 is 1.30 bits per heavy atom. The Kier molecular flexibility index (Phi) is 4.66. The van der Waals surface area contributed by atoms with Crippen molar-refractivity contribution in [1.29, 1.82) is 0 Å². The van der Waals surface area contributed by atoms with Gasteiger partial charge in [0.1, 0.15) is 0 Å². The van der Waals surface area contributed by atoms with E-state index in [-0.39, 0.29) is 17.7 Å². The Balaban J connectivity index is 1.61. The summed E-state index contributed by atoms with van der Waals surface area (Å²) in [5, 5.41) is 0. The molecule has 1 heterocycles. The average Bonchev–Trinajstić information content (AvgIpc) is 2.99. The van der Waals surface area contributed by atoms with Crippen molar-refractivity contribution in [2.45, 2.75) is 31.7 Å². The van der Waals surface area contributed by atoms with E-state index in [0.717, 1.165) is 32.2 Å². The van der Waals surface area contributed by atoms with Crippen LogP contribution >= 0.6 is 0 Å². The lowest BCUT2D eigenvalue weighted by atomic mass is 9.97. The molecule has 0 saturated carbocycles. The number of benzene rings is 1. The lowest BCUT2D eigenvalue weighted by Gasteiger charge is -2.33. The molecule has 1 aliphatic carbocycles. The molecule has 1 fully saturated rings. The summed E-state index contributed by atoms with van der Waals surface area (Å²) in [6.07, 6.45) is 3.79. The van der Waals surface area contributed by atoms with Crippen LogP contribution in [-0.4, -0.2) is 48.3 Å². The molecule has 2 unspecified atom stereocenters. The van der Waals surface area contributed by atoms with Gasteiger partial charge < -0.3 is 10.6 Å². The summed E-state index contributed by atoms with van der Waals surface area (Å²) in [6, 6.07) is 8.79. The van der Waals surface area contributed by atoms with Crippen LogP contribution in [0, 0.1) is 5.92 Å². The van der Waals surface area contributed by atoms with Crippen LogP contribution < -0.4 is 5.73 Å². The second kappa shape index (κ2) is 6.71. The van der Waals surface area contributed by atoms with Gasteiger partial charge in [0.25, 0.3) is 0 Å². The van der Waals surface area contributed by atoms with Gasteiger partial charge in [0.05, 0.1) is 12.5 Å². The first kappa shape index (κ1) is 16.0. The molecule has 1 aliphatic heterocycles. The number of rotatable bonds is 4. The fourth-order valence-electron chi connectivity index (χ4n) is 3.85. The van der Waals surface area contributed by atoms with Crippen LogP contribution in [0.4, 0.5) is 0 Å². The third-order valence-electron chi connectivity index (χ3n) is 5.19. The number of carbonyl (C=O) groups is 2. The minimum atomic E-state index is -0.291. The van der Waals surface area contributed by atoms with Gasteiger partial charge in [-0.1, -0.05) is 24.3 Å². The molecular weight excluding hydrogens is 290 g/mol. The summed E-state index contributed by atoms with van der Waals surface area (Å²) in [4.78, 5) is 27.9. The van der Waals surface area contributed by atoms with E-state index in [1.54, 1.807) is 4.90 Å². The maximum atomic E-state index is 12.6. The van der Waals surface area contributed by atoms with Crippen molar-refractivity contribution in [1.82, 2.24) is 9.80 Å². The van der Waals surface area contributed by atoms with Crippen LogP contribution in [0.3, 0.4) is 0 Å². The number of nitrogens with zero attached hydrogens (tertiary/aromatic N) is 2. The minimum Gasteiger partial charge on any atom is -0.369 e. The smallest absolute Gasteiger partial charge is 0.236 e. The monoisotopic (exact) mass is 315 g/mol. The molecule has 3 rings (SSSR count). The van der Waals surface area contributed by atoms with E-state index < -0.39 is 0 Å². The highest BCUT2D eigenvalue weighted by molar-refractivity contribution is 5.81. The number of hydrogen-bond acceptors (Lipinski definition) is 3. The van der Waals surface area contributed by atoms with Gasteiger partial charge in [-0.05, 0) is 43.9 Å². The summed E-state index contributed by atoms with van der Waals surface area (Å²) in [5.41, 5.74) is 8.13. The molecule has 5 heteroatoms. The molecule has 0 radical (unpaired) electrons. The number of aryl methyl sites for hydroxylation is 1. The Morgan fingerprint density at radius 3 is 2.87 bits per heavy atom. The molecule has 0 spiro atoms. The molecular formula is C18H25N3O2. The van der Waals surface area contributed by atoms with E-state index >= 15 is 0 Å². The number of likely N-dealkylation sites (tertiary alicyclic amines) is 1. The summed E-state index contributed by atoms with van der Waals surface area (Å²) in [5.74, 6) is -0.381. The fourth-order valence-corrected chi connectivity index (χ4v) is 3.85. The zero-order valence-corrected chi connectivity index (χ0v) is 13.7. The quantitative estimate of drug-likeness (QED) is 0.911. The second-order valence-corrected chi connectivity index (χ2v) is 6.75. The Hall–Kier alpha value is -1.88. The number of primary amides is 1. The van der Waals surface area contributed by atoms with Gasteiger partial charge in [-0.15, -0.1) is 0 Å². The molecule has 2 amide bonds. The van der Waals surface area contributed by atoms with E-state index in [2.05, 4.69) is 29.2 Å². The highest BCUT2D eigenvalue weighted by Gasteiger charge is 2.30. The second-order valence-electron chi connectivity index (χ2n) is 6.75. The molecule has 1 aromatic rings. The van der Waals surface area contributed by atoms with E-state index in [1.807, 2.05) is 7.05 Å². The van der Waals surface area contributed by atoms with Gasteiger partial charge in [-0.25, -0.2) is 0 Å². The summed E-state index contributed by atoms with van der Waals surface area (Å²) < 4.78 is 0. The van der Waals surface area contributed by atoms with E-state index in [0.29, 0.717) is 19.1 Å². The first-order valence-electron chi connectivity index (χ1n) is 8.41. The van der Waals surface area contributed by atoms with Crippen LogP contribution in [0.5, 0.6) is 0 Å². The lowest BCUT2D eigenvalue weighted by Crippen LogP contribution is -2.47.